The molecule has 26 heavy (non-hydrogen) atoms. The van der Waals surface area contributed by atoms with Crippen LogP contribution in [0.25, 0.3) is 0 Å². The maximum atomic E-state index is 13.0. The van der Waals surface area contributed by atoms with Gasteiger partial charge in [-0.15, -0.1) is 0 Å². The smallest absolute Gasteiger partial charge is 0.253 e. The van der Waals surface area contributed by atoms with Gasteiger partial charge < -0.3 is 9.80 Å². The second kappa shape index (κ2) is 6.90. The highest BCUT2D eigenvalue weighted by molar-refractivity contribution is 5.94. The number of carbonyl (C=O) groups is 2. The fourth-order valence-corrected chi connectivity index (χ4v) is 4.13. The van der Waals surface area contributed by atoms with Crippen LogP contribution in [0.1, 0.15) is 35.2 Å². The maximum Gasteiger partial charge on any atom is 0.253 e. The van der Waals surface area contributed by atoms with Crippen molar-refractivity contribution < 1.29 is 9.59 Å². The first kappa shape index (κ1) is 16.8. The molecule has 1 spiro atoms. The molecule has 0 aliphatic carbocycles. The third kappa shape index (κ3) is 3.09. The Bertz CT molecular complexity index is 783. The van der Waals surface area contributed by atoms with Gasteiger partial charge in [0.15, 0.2) is 0 Å². The highest BCUT2D eigenvalue weighted by Gasteiger charge is 2.48. The normalized spacial score (nSPS) is 19.2. The molecule has 0 saturated carbocycles. The number of hydrogen-bond acceptors (Lipinski definition) is 3. The van der Waals surface area contributed by atoms with Crippen LogP contribution in [0.5, 0.6) is 0 Å². The number of aromatic nitrogens is 1. The quantitative estimate of drug-likeness (QED) is 0.856. The Morgan fingerprint density at radius 3 is 2.31 bits per heavy atom. The second-order valence-electron chi connectivity index (χ2n) is 7.27. The Labute approximate surface area is 153 Å². The van der Waals surface area contributed by atoms with Crippen molar-refractivity contribution in [2.45, 2.75) is 25.8 Å². The van der Waals surface area contributed by atoms with E-state index in [2.05, 4.69) is 17.1 Å². The lowest BCUT2D eigenvalue weighted by molar-refractivity contribution is -0.138. The molecule has 4 rings (SSSR count). The molecule has 5 nitrogen and oxygen atoms in total. The zero-order valence-electron chi connectivity index (χ0n) is 14.8. The maximum absolute atomic E-state index is 13.0. The third-order valence-corrected chi connectivity index (χ3v) is 5.75. The van der Waals surface area contributed by atoms with E-state index in [0.29, 0.717) is 25.2 Å². The van der Waals surface area contributed by atoms with E-state index in [0.717, 1.165) is 25.8 Å². The van der Waals surface area contributed by atoms with E-state index in [4.69, 9.17) is 0 Å². The minimum atomic E-state index is -0.274. The predicted octanol–water partition coefficient (Wildman–Crippen LogP) is 2.74. The van der Waals surface area contributed by atoms with Gasteiger partial charge >= 0.3 is 0 Å². The first-order chi connectivity index (χ1) is 12.7. The van der Waals surface area contributed by atoms with Crippen LogP contribution in [-0.2, 0) is 11.3 Å². The van der Waals surface area contributed by atoms with E-state index in [1.807, 2.05) is 28.0 Å². The molecule has 2 saturated heterocycles. The van der Waals surface area contributed by atoms with Crippen molar-refractivity contribution in [1.82, 2.24) is 14.8 Å². The Kier molecular flexibility index (Phi) is 4.45. The molecular formula is C21H23N3O2. The number of pyridine rings is 1. The van der Waals surface area contributed by atoms with Crippen molar-refractivity contribution in [3.8, 4) is 0 Å². The predicted molar refractivity (Wildman–Crippen MR) is 98.3 cm³/mol. The summed E-state index contributed by atoms with van der Waals surface area (Å²) in [6.45, 7) is 2.78. The Morgan fingerprint density at radius 1 is 0.962 bits per heavy atom. The van der Waals surface area contributed by atoms with Gasteiger partial charge in [-0.3, -0.25) is 14.6 Å². The van der Waals surface area contributed by atoms with Gasteiger partial charge in [-0.2, -0.15) is 0 Å². The third-order valence-electron chi connectivity index (χ3n) is 5.75. The Hall–Kier alpha value is -2.69. The van der Waals surface area contributed by atoms with Gasteiger partial charge in [-0.1, -0.05) is 30.3 Å². The van der Waals surface area contributed by atoms with Crippen LogP contribution in [0.2, 0.25) is 0 Å². The van der Waals surface area contributed by atoms with Crippen molar-refractivity contribution >= 4 is 11.8 Å². The summed E-state index contributed by atoms with van der Waals surface area (Å²) >= 11 is 0. The van der Waals surface area contributed by atoms with Crippen molar-refractivity contribution in [2.24, 2.45) is 5.41 Å². The molecule has 1 aromatic heterocycles. The number of likely N-dealkylation sites (tertiary alicyclic amines) is 2. The van der Waals surface area contributed by atoms with Crippen LogP contribution in [0.3, 0.4) is 0 Å². The Morgan fingerprint density at radius 2 is 1.62 bits per heavy atom. The fraction of sp³-hybridized carbons (Fsp3) is 0.381. The van der Waals surface area contributed by atoms with Crippen LogP contribution < -0.4 is 0 Å². The number of piperidine rings is 1. The molecule has 0 atom stereocenters. The SMILES string of the molecule is O=C(c1ccncc1)N1CCC2(CC1)CCN(Cc1ccccc1)C2=O. The summed E-state index contributed by atoms with van der Waals surface area (Å²) in [5.74, 6) is 0.297. The van der Waals surface area contributed by atoms with Crippen molar-refractivity contribution in [2.75, 3.05) is 19.6 Å². The summed E-state index contributed by atoms with van der Waals surface area (Å²) < 4.78 is 0. The zero-order chi connectivity index (χ0) is 18.0. The van der Waals surface area contributed by atoms with Gasteiger partial charge in [0.1, 0.15) is 0 Å². The van der Waals surface area contributed by atoms with Gasteiger partial charge in [0.2, 0.25) is 5.91 Å². The topological polar surface area (TPSA) is 53.5 Å². The molecule has 0 unspecified atom stereocenters. The molecule has 3 heterocycles. The molecule has 0 bridgehead atoms. The monoisotopic (exact) mass is 349 g/mol. The van der Waals surface area contributed by atoms with Crippen molar-refractivity contribution in [3.63, 3.8) is 0 Å². The van der Waals surface area contributed by atoms with E-state index in [-0.39, 0.29) is 17.2 Å². The number of hydrogen-bond donors (Lipinski definition) is 0. The van der Waals surface area contributed by atoms with Crippen molar-refractivity contribution in [3.05, 3.63) is 66.0 Å². The van der Waals surface area contributed by atoms with E-state index in [9.17, 15) is 9.59 Å². The lowest BCUT2D eigenvalue weighted by Crippen LogP contribution is -2.46. The molecule has 2 amide bonds. The molecule has 5 heteroatoms. The van der Waals surface area contributed by atoms with Crippen LogP contribution in [-0.4, -0.2) is 46.2 Å². The summed E-state index contributed by atoms with van der Waals surface area (Å²) in [5.41, 5.74) is 1.56. The summed E-state index contributed by atoms with van der Waals surface area (Å²) in [6, 6.07) is 13.6. The number of nitrogens with zero attached hydrogens (tertiary/aromatic N) is 3. The van der Waals surface area contributed by atoms with Crippen LogP contribution in [0.15, 0.2) is 54.9 Å². The largest absolute Gasteiger partial charge is 0.339 e. The van der Waals surface area contributed by atoms with E-state index in [1.165, 1.54) is 5.56 Å². The molecule has 0 N–H and O–H groups in total. The zero-order valence-corrected chi connectivity index (χ0v) is 14.8. The summed E-state index contributed by atoms with van der Waals surface area (Å²) in [7, 11) is 0. The van der Waals surface area contributed by atoms with E-state index >= 15 is 0 Å². The fourth-order valence-electron chi connectivity index (χ4n) is 4.13. The van der Waals surface area contributed by atoms with Gasteiger partial charge in [-0.05, 0) is 37.0 Å². The van der Waals surface area contributed by atoms with Gasteiger partial charge in [-0.25, -0.2) is 0 Å². The molecule has 2 fully saturated rings. The molecular weight excluding hydrogens is 326 g/mol. The van der Waals surface area contributed by atoms with Crippen LogP contribution >= 0.6 is 0 Å². The average molecular weight is 349 g/mol. The lowest BCUT2D eigenvalue weighted by Gasteiger charge is -2.38. The van der Waals surface area contributed by atoms with Crippen molar-refractivity contribution in [1.29, 1.82) is 0 Å². The lowest BCUT2D eigenvalue weighted by atomic mass is 9.77. The standard InChI is InChI=1S/C21H23N3O2/c25-19(18-6-11-22-12-7-18)23-13-8-21(9-14-23)10-15-24(20(21)26)16-17-4-2-1-3-5-17/h1-7,11-12H,8-10,13-16H2. The first-order valence-corrected chi connectivity index (χ1v) is 9.21. The van der Waals surface area contributed by atoms with E-state index < -0.39 is 0 Å². The summed E-state index contributed by atoms with van der Waals surface area (Å²) in [5, 5.41) is 0. The first-order valence-electron chi connectivity index (χ1n) is 9.21. The molecule has 0 radical (unpaired) electrons. The highest BCUT2D eigenvalue weighted by atomic mass is 16.2. The number of amides is 2. The molecule has 2 aromatic rings. The molecule has 1 aromatic carbocycles. The summed E-state index contributed by atoms with van der Waals surface area (Å²) in [6.07, 6.45) is 5.69. The number of carbonyl (C=O) groups excluding carboxylic acids is 2. The molecule has 134 valence electrons. The summed E-state index contributed by atoms with van der Waals surface area (Å²) in [4.78, 5) is 33.5. The van der Waals surface area contributed by atoms with E-state index in [1.54, 1.807) is 24.5 Å². The molecule has 2 aliphatic rings. The van der Waals surface area contributed by atoms with Gasteiger partial charge in [0.25, 0.3) is 5.91 Å². The average Bonchev–Trinajstić information content (AvgIpc) is 2.99. The second-order valence-corrected chi connectivity index (χ2v) is 7.27. The van der Waals surface area contributed by atoms with Gasteiger partial charge in [0.05, 0.1) is 5.41 Å². The number of rotatable bonds is 3. The van der Waals surface area contributed by atoms with Gasteiger partial charge in [0, 0.05) is 44.1 Å². The highest BCUT2D eigenvalue weighted by Crippen LogP contribution is 2.42. The minimum absolute atomic E-state index is 0.0360. The van der Waals surface area contributed by atoms with Crippen LogP contribution in [0.4, 0.5) is 0 Å². The van der Waals surface area contributed by atoms with Crippen LogP contribution in [0, 0.1) is 5.41 Å². The Balaban J connectivity index is 1.39. The molecule has 2 aliphatic heterocycles. The number of benzene rings is 1. The minimum Gasteiger partial charge on any atom is -0.339 e.